The molecule has 0 atom stereocenters. The molecule has 0 saturated heterocycles. The topological polar surface area (TPSA) is 34.2 Å². The van der Waals surface area contributed by atoms with Crippen molar-refractivity contribution in [1.82, 2.24) is 10.3 Å². The van der Waals surface area contributed by atoms with E-state index < -0.39 is 0 Å². The molecule has 1 aliphatic carbocycles. The molecule has 1 heterocycles. The molecule has 1 aromatic carbocycles. The minimum atomic E-state index is 0.434. The van der Waals surface area contributed by atoms with Gasteiger partial charge in [0.25, 0.3) is 0 Å². The van der Waals surface area contributed by atoms with Crippen LogP contribution in [-0.2, 0) is 6.54 Å². The van der Waals surface area contributed by atoms with Gasteiger partial charge in [-0.3, -0.25) is 4.98 Å². The Morgan fingerprint density at radius 2 is 2.10 bits per heavy atom. The Kier molecular flexibility index (Phi) is 3.97. The van der Waals surface area contributed by atoms with Crippen LogP contribution in [0.5, 0.6) is 5.75 Å². The summed E-state index contributed by atoms with van der Waals surface area (Å²) in [6.07, 6.45) is 6.62. The van der Waals surface area contributed by atoms with Crippen LogP contribution in [0.15, 0.2) is 42.7 Å². The van der Waals surface area contributed by atoms with E-state index in [1.807, 2.05) is 24.5 Å². The molecule has 0 bridgehead atoms. The monoisotopic (exact) mass is 268 g/mol. The summed E-state index contributed by atoms with van der Waals surface area (Å²) in [5.41, 5.74) is 3.51. The molecule has 1 aliphatic rings. The number of ether oxygens (including phenoxy) is 1. The van der Waals surface area contributed by atoms with Gasteiger partial charge in [-0.1, -0.05) is 19.1 Å². The van der Waals surface area contributed by atoms with Gasteiger partial charge in [0, 0.05) is 24.5 Å². The summed E-state index contributed by atoms with van der Waals surface area (Å²) in [6.45, 7) is 3.93. The number of hydrogen-bond acceptors (Lipinski definition) is 3. The molecule has 3 rings (SSSR count). The van der Waals surface area contributed by atoms with Gasteiger partial charge < -0.3 is 10.1 Å². The molecule has 1 aromatic heterocycles. The molecule has 0 aliphatic heterocycles. The SMILES string of the molecule is CCNCc1cncc(-c2cccc(OC3CC3)c2)c1. The Balaban J connectivity index is 1.80. The average molecular weight is 268 g/mol. The Hall–Kier alpha value is -1.87. The first kappa shape index (κ1) is 13.1. The second kappa shape index (κ2) is 6.06. The minimum absolute atomic E-state index is 0.434. The number of nitrogens with one attached hydrogen (secondary N) is 1. The van der Waals surface area contributed by atoms with Crippen LogP contribution in [0.4, 0.5) is 0 Å². The molecule has 20 heavy (non-hydrogen) atoms. The number of rotatable bonds is 6. The summed E-state index contributed by atoms with van der Waals surface area (Å²) < 4.78 is 5.85. The highest BCUT2D eigenvalue weighted by Crippen LogP contribution is 2.29. The van der Waals surface area contributed by atoms with Crippen molar-refractivity contribution in [2.45, 2.75) is 32.4 Å². The van der Waals surface area contributed by atoms with Crippen molar-refractivity contribution in [3.05, 3.63) is 48.3 Å². The summed E-state index contributed by atoms with van der Waals surface area (Å²) in [7, 11) is 0. The standard InChI is InChI=1S/C17H20N2O/c1-2-18-10-13-8-15(12-19-11-13)14-4-3-5-17(9-14)20-16-6-7-16/h3-5,8-9,11-12,16,18H,2,6-7,10H2,1H3. The fourth-order valence-electron chi connectivity index (χ4n) is 2.14. The Morgan fingerprint density at radius 1 is 1.20 bits per heavy atom. The Bertz CT molecular complexity index is 579. The third kappa shape index (κ3) is 3.36. The van der Waals surface area contributed by atoms with Crippen molar-refractivity contribution in [3.8, 4) is 16.9 Å². The maximum Gasteiger partial charge on any atom is 0.120 e. The quantitative estimate of drug-likeness (QED) is 0.872. The van der Waals surface area contributed by atoms with Crippen molar-refractivity contribution in [2.24, 2.45) is 0 Å². The molecule has 104 valence electrons. The van der Waals surface area contributed by atoms with Gasteiger partial charge in [-0.2, -0.15) is 0 Å². The zero-order chi connectivity index (χ0) is 13.8. The van der Waals surface area contributed by atoms with E-state index in [1.54, 1.807) is 0 Å². The summed E-state index contributed by atoms with van der Waals surface area (Å²) in [6, 6.07) is 10.5. The molecule has 0 spiro atoms. The van der Waals surface area contributed by atoms with E-state index in [2.05, 4.69) is 35.4 Å². The number of pyridine rings is 1. The largest absolute Gasteiger partial charge is 0.490 e. The van der Waals surface area contributed by atoms with Crippen molar-refractivity contribution in [2.75, 3.05) is 6.54 Å². The van der Waals surface area contributed by atoms with E-state index in [9.17, 15) is 0 Å². The zero-order valence-corrected chi connectivity index (χ0v) is 11.8. The number of benzene rings is 1. The predicted octanol–water partition coefficient (Wildman–Crippen LogP) is 3.40. The van der Waals surface area contributed by atoms with E-state index in [-0.39, 0.29) is 0 Å². The zero-order valence-electron chi connectivity index (χ0n) is 11.8. The smallest absolute Gasteiger partial charge is 0.120 e. The second-order valence-corrected chi connectivity index (χ2v) is 5.21. The maximum absolute atomic E-state index is 5.85. The summed E-state index contributed by atoms with van der Waals surface area (Å²) in [5.74, 6) is 0.960. The maximum atomic E-state index is 5.85. The average Bonchev–Trinajstić information content (AvgIpc) is 3.30. The number of aromatic nitrogens is 1. The fourth-order valence-corrected chi connectivity index (χ4v) is 2.14. The molecule has 2 aromatic rings. The molecule has 3 nitrogen and oxygen atoms in total. The van der Waals surface area contributed by atoms with Crippen molar-refractivity contribution >= 4 is 0 Å². The normalized spacial score (nSPS) is 14.2. The minimum Gasteiger partial charge on any atom is -0.490 e. The van der Waals surface area contributed by atoms with Gasteiger partial charge in [0.2, 0.25) is 0 Å². The van der Waals surface area contributed by atoms with Crippen LogP contribution in [0, 0.1) is 0 Å². The van der Waals surface area contributed by atoms with E-state index in [4.69, 9.17) is 4.74 Å². The van der Waals surface area contributed by atoms with Crippen LogP contribution < -0.4 is 10.1 Å². The molecule has 1 fully saturated rings. The first-order chi connectivity index (χ1) is 9.85. The van der Waals surface area contributed by atoms with Gasteiger partial charge >= 0.3 is 0 Å². The molecular formula is C17H20N2O. The van der Waals surface area contributed by atoms with Crippen molar-refractivity contribution < 1.29 is 4.74 Å². The molecule has 1 N–H and O–H groups in total. The van der Waals surface area contributed by atoms with Gasteiger partial charge in [-0.05, 0) is 48.7 Å². The van der Waals surface area contributed by atoms with E-state index in [0.717, 1.165) is 30.0 Å². The Morgan fingerprint density at radius 3 is 2.90 bits per heavy atom. The van der Waals surface area contributed by atoms with Crippen LogP contribution in [0.2, 0.25) is 0 Å². The lowest BCUT2D eigenvalue weighted by Gasteiger charge is -2.08. The van der Waals surface area contributed by atoms with Gasteiger partial charge in [0.15, 0.2) is 0 Å². The first-order valence-electron chi connectivity index (χ1n) is 7.27. The highest BCUT2D eigenvalue weighted by atomic mass is 16.5. The van der Waals surface area contributed by atoms with Crippen LogP contribution >= 0.6 is 0 Å². The van der Waals surface area contributed by atoms with E-state index >= 15 is 0 Å². The third-order valence-corrected chi connectivity index (χ3v) is 3.37. The molecular weight excluding hydrogens is 248 g/mol. The number of nitrogens with zero attached hydrogens (tertiary/aromatic N) is 1. The molecule has 1 saturated carbocycles. The predicted molar refractivity (Wildman–Crippen MR) is 80.7 cm³/mol. The molecule has 0 amide bonds. The van der Waals surface area contributed by atoms with Crippen LogP contribution in [0.25, 0.3) is 11.1 Å². The second-order valence-electron chi connectivity index (χ2n) is 5.21. The van der Waals surface area contributed by atoms with Gasteiger partial charge in [0.05, 0.1) is 6.10 Å². The lowest BCUT2D eigenvalue weighted by atomic mass is 10.1. The van der Waals surface area contributed by atoms with Crippen LogP contribution in [-0.4, -0.2) is 17.6 Å². The molecule has 0 radical (unpaired) electrons. The summed E-state index contributed by atoms with van der Waals surface area (Å²) in [5, 5.41) is 3.32. The number of hydrogen-bond donors (Lipinski definition) is 1. The third-order valence-electron chi connectivity index (χ3n) is 3.37. The van der Waals surface area contributed by atoms with Gasteiger partial charge in [-0.15, -0.1) is 0 Å². The molecule has 3 heteroatoms. The van der Waals surface area contributed by atoms with Crippen LogP contribution in [0.3, 0.4) is 0 Å². The Labute approximate surface area is 120 Å². The highest BCUT2D eigenvalue weighted by molar-refractivity contribution is 5.64. The first-order valence-corrected chi connectivity index (χ1v) is 7.27. The summed E-state index contributed by atoms with van der Waals surface area (Å²) >= 11 is 0. The van der Waals surface area contributed by atoms with Gasteiger partial charge in [-0.25, -0.2) is 0 Å². The molecule has 0 unspecified atom stereocenters. The lowest BCUT2D eigenvalue weighted by Crippen LogP contribution is -2.11. The van der Waals surface area contributed by atoms with Gasteiger partial charge in [0.1, 0.15) is 5.75 Å². The van der Waals surface area contributed by atoms with E-state index in [0.29, 0.717) is 6.10 Å². The highest BCUT2D eigenvalue weighted by Gasteiger charge is 2.23. The fraction of sp³-hybridized carbons (Fsp3) is 0.353. The van der Waals surface area contributed by atoms with E-state index in [1.165, 1.54) is 18.4 Å². The van der Waals surface area contributed by atoms with Crippen LogP contribution in [0.1, 0.15) is 25.3 Å². The van der Waals surface area contributed by atoms with Crippen molar-refractivity contribution in [3.63, 3.8) is 0 Å². The summed E-state index contributed by atoms with van der Waals surface area (Å²) in [4.78, 5) is 4.34. The van der Waals surface area contributed by atoms with Crippen molar-refractivity contribution in [1.29, 1.82) is 0 Å². The lowest BCUT2D eigenvalue weighted by molar-refractivity contribution is 0.303.